The van der Waals surface area contributed by atoms with Gasteiger partial charge in [-0.1, -0.05) is 60.7 Å². The van der Waals surface area contributed by atoms with Crippen molar-refractivity contribution in [3.05, 3.63) is 89.1 Å². The van der Waals surface area contributed by atoms with E-state index in [4.69, 9.17) is 4.42 Å². The Morgan fingerprint density at radius 1 is 0.690 bits per heavy atom. The Kier molecular flexibility index (Phi) is 4.65. The summed E-state index contributed by atoms with van der Waals surface area (Å²) in [6.45, 7) is 1.89. The fourth-order valence-electron chi connectivity index (χ4n) is 4.16. The zero-order chi connectivity index (χ0) is 19.6. The first-order chi connectivity index (χ1) is 14.3. The first kappa shape index (κ1) is 17.7. The van der Waals surface area contributed by atoms with Crippen molar-refractivity contribution in [2.24, 2.45) is 0 Å². The predicted molar refractivity (Wildman–Crippen MR) is 119 cm³/mol. The molecule has 0 N–H and O–H groups in total. The van der Waals surface area contributed by atoms with Crippen LogP contribution in [0.15, 0.2) is 88.1 Å². The number of anilines is 1. The average Bonchev–Trinajstić information content (AvgIpc) is 2.80. The first-order valence-corrected chi connectivity index (χ1v) is 10.3. The molecule has 1 aliphatic heterocycles. The van der Waals surface area contributed by atoms with E-state index in [2.05, 4.69) is 41.3 Å². The van der Waals surface area contributed by atoms with Crippen molar-refractivity contribution in [3.8, 4) is 22.3 Å². The molecule has 1 saturated heterocycles. The van der Waals surface area contributed by atoms with E-state index in [1.807, 2.05) is 36.4 Å². The topological polar surface area (TPSA) is 33.5 Å². The molecule has 0 radical (unpaired) electrons. The molecule has 1 aliphatic rings. The molecule has 0 atom stereocenters. The second-order valence-electron chi connectivity index (χ2n) is 7.63. The summed E-state index contributed by atoms with van der Waals surface area (Å²) in [5.74, 6) is 0.689. The maximum Gasteiger partial charge on any atom is 0.200 e. The second-order valence-corrected chi connectivity index (χ2v) is 7.63. The highest BCUT2D eigenvalue weighted by Crippen LogP contribution is 2.33. The number of fused-ring (bicyclic) bond motifs is 1. The second kappa shape index (κ2) is 7.59. The summed E-state index contributed by atoms with van der Waals surface area (Å²) in [7, 11) is 0. The summed E-state index contributed by atoms with van der Waals surface area (Å²) >= 11 is 0. The van der Waals surface area contributed by atoms with Crippen molar-refractivity contribution in [2.75, 3.05) is 18.0 Å². The van der Waals surface area contributed by atoms with Crippen LogP contribution in [0, 0.1) is 0 Å². The lowest BCUT2D eigenvalue weighted by Gasteiger charge is -2.27. The van der Waals surface area contributed by atoms with Crippen molar-refractivity contribution in [3.63, 3.8) is 0 Å². The van der Waals surface area contributed by atoms with Crippen LogP contribution in [0.2, 0.25) is 0 Å². The van der Waals surface area contributed by atoms with Crippen molar-refractivity contribution in [1.82, 2.24) is 0 Å². The van der Waals surface area contributed by atoms with Gasteiger partial charge < -0.3 is 9.32 Å². The molecule has 3 nitrogen and oxygen atoms in total. The van der Waals surface area contributed by atoms with Crippen LogP contribution >= 0.6 is 0 Å². The molecule has 0 unspecified atom stereocenters. The molecule has 3 aromatic carbocycles. The number of hydrogen-bond donors (Lipinski definition) is 0. The van der Waals surface area contributed by atoms with E-state index in [9.17, 15) is 4.79 Å². The van der Waals surface area contributed by atoms with Crippen LogP contribution in [0.1, 0.15) is 19.3 Å². The van der Waals surface area contributed by atoms with Crippen LogP contribution in [-0.2, 0) is 0 Å². The van der Waals surface area contributed by atoms with Crippen LogP contribution in [0.4, 0.5) is 5.88 Å². The van der Waals surface area contributed by atoms with E-state index in [1.165, 1.54) is 12.0 Å². The lowest BCUT2D eigenvalue weighted by atomic mass is 9.98. The minimum atomic E-state index is 0.0212. The molecule has 29 heavy (non-hydrogen) atoms. The van der Waals surface area contributed by atoms with Crippen LogP contribution in [0.25, 0.3) is 33.2 Å². The van der Waals surface area contributed by atoms with Crippen molar-refractivity contribution < 1.29 is 4.42 Å². The van der Waals surface area contributed by atoms with Gasteiger partial charge in [-0.2, -0.15) is 0 Å². The van der Waals surface area contributed by atoms with Gasteiger partial charge in [-0.05, 0) is 48.1 Å². The SMILES string of the molecule is O=c1cc(N2CCCCC2)oc2c(-c3cccc(-c4ccccc4)c3)cccc12. The number of para-hydroxylation sites is 1. The number of rotatable bonds is 3. The van der Waals surface area contributed by atoms with Crippen molar-refractivity contribution >= 4 is 16.9 Å². The highest BCUT2D eigenvalue weighted by Gasteiger charge is 2.17. The Balaban J connectivity index is 1.65. The summed E-state index contributed by atoms with van der Waals surface area (Å²) in [6.07, 6.45) is 3.52. The van der Waals surface area contributed by atoms with E-state index in [0.29, 0.717) is 16.9 Å². The molecule has 0 amide bonds. The minimum Gasteiger partial charge on any atom is -0.440 e. The van der Waals surface area contributed by atoms with Gasteiger partial charge in [0, 0.05) is 24.7 Å². The van der Waals surface area contributed by atoms with Gasteiger partial charge in [0.1, 0.15) is 5.58 Å². The van der Waals surface area contributed by atoms with Gasteiger partial charge in [-0.25, -0.2) is 0 Å². The maximum atomic E-state index is 12.8. The number of nitrogens with zero attached hydrogens (tertiary/aromatic N) is 1. The standard InChI is InChI=1S/C26H23NO2/c28-24-18-25(27-15-5-2-6-16-27)29-26-22(13-8-14-23(24)26)21-12-7-11-20(17-21)19-9-3-1-4-10-19/h1,3-4,7-14,17-18H,2,5-6,15-16H2. The van der Waals surface area contributed by atoms with Gasteiger partial charge in [0.05, 0.1) is 5.39 Å². The summed E-state index contributed by atoms with van der Waals surface area (Å²) in [5, 5.41) is 0.633. The molecule has 4 aromatic rings. The Hall–Kier alpha value is -3.33. The molecule has 0 saturated carbocycles. The van der Waals surface area contributed by atoms with E-state index >= 15 is 0 Å². The van der Waals surface area contributed by atoms with Crippen molar-refractivity contribution in [2.45, 2.75) is 19.3 Å². The third-order valence-electron chi connectivity index (χ3n) is 5.69. The van der Waals surface area contributed by atoms with E-state index < -0.39 is 0 Å². The van der Waals surface area contributed by atoms with Gasteiger partial charge in [0.15, 0.2) is 11.3 Å². The fourth-order valence-corrected chi connectivity index (χ4v) is 4.16. The Labute approximate surface area is 170 Å². The molecule has 0 bridgehead atoms. The summed E-state index contributed by atoms with van der Waals surface area (Å²) in [5.41, 5.74) is 5.02. The lowest BCUT2D eigenvalue weighted by molar-refractivity contribution is 0.513. The average molecular weight is 381 g/mol. The Morgan fingerprint density at radius 3 is 2.24 bits per heavy atom. The van der Waals surface area contributed by atoms with Gasteiger partial charge in [-0.3, -0.25) is 4.79 Å². The van der Waals surface area contributed by atoms with E-state index in [1.54, 1.807) is 6.07 Å². The van der Waals surface area contributed by atoms with Gasteiger partial charge in [-0.15, -0.1) is 0 Å². The van der Waals surface area contributed by atoms with Crippen LogP contribution in [0.5, 0.6) is 0 Å². The largest absolute Gasteiger partial charge is 0.440 e. The minimum absolute atomic E-state index is 0.0212. The zero-order valence-corrected chi connectivity index (χ0v) is 16.3. The number of hydrogen-bond acceptors (Lipinski definition) is 3. The molecule has 0 spiro atoms. The quantitative estimate of drug-likeness (QED) is 0.429. The number of piperidine rings is 1. The van der Waals surface area contributed by atoms with Crippen molar-refractivity contribution in [1.29, 1.82) is 0 Å². The molecule has 1 fully saturated rings. The third-order valence-corrected chi connectivity index (χ3v) is 5.69. The summed E-state index contributed by atoms with van der Waals surface area (Å²) in [6, 6.07) is 26.2. The zero-order valence-electron chi connectivity index (χ0n) is 16.3. The molecular formula is C26H23NO2. The fraction of sp³-hybridized carbons (Fsp3) is 0.192. The molecule has 5 rings (SSSR count). The monoisotopic (exact) mass is 381 g/mol. The Morgan fingerprint density at radius 2 is 1.41 bits per heavy atom. The van der Waals surface area contributed by atoms with E-state index in [-0.39, 0.29) is 5.43 Å². The highest BCUT2D eigenvalue weighted by molar-refractivity contribution is 5.93. The first-order valence-electron chi connectivity index (χ1n) is 10.3. The summed E-state index contributed by atoms with van der Waals surface area (Å²) < 4.78 is 6.34. The number of benzene rings is 3. The molecular weight excluding hydrogens is 358 g/mol. The predicted octanol–water partition coefficient (Wildman–Crippen LogP) is 6.12. The smallest absolute Gasteiger partial charge is 0.200 e. The molecule has 0 aliphatic carbocycles. The maximum absolute atomic E-state index is 12.8. The normalized spacial score (nSPS) is 14.3. The van der Waals surface area contributed by atoms with E-state index in [0.717, 1.165) is 42.6 Å². The third kappa shape index (κ3) is 3.44. The van der Waals surface area contributed by atoms with Crippen LogP contribution < -0.4 is 10.3 Å². The molecule has 3 heteroatoms. The molecule has 2 heterocycles. The Bertz CT molecular complexity index is 1200. The summed E-state index contributed by atoms with van der Waals surface area (Å²) in [4.78, 5) is 15.0. The highest BCUT2D eigenvalue weighted by atomic mass is 16.4. The van der Waals surface area contributed by atoms with Gasteiger partial charge in [0.25, 0.3) is 0 Å². The molecule has 1 aromatic heterocycles. The lowest BCUT2D eigenvalue weighted by Crippen LogP contribution is -2.30. The molecule has 144 valence electrons. The van der Waals surface area contributed by atoms with Gasteiger partial charge in [0.2, 0.25) is 0 Å². The van der Waals surface area contributed by atoms with Gasteiger partial charge >= 0.3 is 0 Å². The van der Waals surface area contributed by atoms with Crippen LogP contribution in [-0.4, -0.2) is 13.1 Å². The van der Waals surface area contributed by atoms with Crippen LogP contribution in [0.3, 0.4) is 0 Å².